The smallest absolute Gasteiger partial charge is 0.298 e. The second kappa shape index (κ2) is 9.68. The van der Waals surface area contributed by atoms with E-state index in [1.54, 1.807) is 11.7 Å². The molecule has 0 aliphatic carbocycles. The first kappa shape index (κ1) is 22.7. The number of nitrogens with zero attached hydrogens (tertiary/aromatic N) is 2. The summed E-state index contributed by atoms with van der Waals surface area (Å²) in [7, 11) is 1.61. The lowest BCUT2D eigenvalue weighted by molar-refractivity contribution is -0.113. The Bertz CT molecular complexity index is 1590. The minimum atomic E-state index is -0.288. The van der Waals surface area contributed by atoms with Gasteiger partial charge in [-0.25, -0.2) is 4.98 Å². The number of fused-ring (bicyclic) bond motifs is 3. The van der Waals surface area contributed by atoms with Crippen molar-refractivity contribution in [2.45, 2.75) is 18.6 Å². The Morgan fingerprint density at radius 3 is 2.66 bits per heavy atom. The highest BCUT2D eigenvalue weighted by molar-refractivity contribution is 7.99. The number of aromatic nitrogens is 2. The van der Waals surface area contributed by atoms with Gasteiger partial charge in [0.2, 0.25) is 11.5 Å². The van der Waals surface area contributed by atoms with Crippen LogP contribution >= 0.6 is 11.8 Å². The number of benzene rings is 3. The minimum Gasteiger partial charge on any atom is -0.497 e. The summed E-state index contributed by atoms with van der Waals surface area (Å²) < 4.78 is 12.7. The number of para-hydroxylation sites is 1. The van der Waals surface area contributed by atoms with Crippen LogP contribution in [0.4, 0.5) is 5.69 Å². The molecule has 2 aromatic heterocycles. The van der Waals surface area contributed by atoms with E-state index in [0.29, 0.717) is 16.3 Å². The van der Waals surface area contributed by atoms with Gasteiger partial charge in [-0.1, -0.05) is 48.2 Å². The monoisotopic (exact) mass is 485 g/mol. The van der Waals surface area contributed by atoms with Crippen LogP contribution in [0.2, 0.25) is 0 Å². The molecule has 1 N–H and O–H groups in total. The fraction of sp³-hybridized carbons (Fsp3) is 0.148. The average molecular weight is 486 g/mol. The molecule has 8 heteroatoms. The van der Waals surface area contributed by atoms with Gasteiger partial charge in [-0.15, -0.1) is 0 Å². The maximum Gasteiger partial charge on any atom is 0.298 e. The number of hydrogen-bond donors (Lipinski definition) is 1. The molecule has 7 nitrogen and oxygen atoms in total. The van der Waals surface area contributed by atoms with Gasteiger partial charge >= 0.3 is 0 Å². The van der Waals surface area contributed by atoms with E-state index < -0.39 is 0 Å². The van der Waals surface area contributed by atoms with Gasteiger partial charge in [0.05, 0.1) is 19.4 Å². The van der Waals surface area contributed by atoms with Crippen LogP contribution in [0.3, 0.4) is 0 Å². The standard InChI is InChI=1S/C27H23N3O4S/c1-17-6-5-7-19(14-17)28-23(31)16-35-27-29-24-21-8-3-4-9-22(21)34-25(24)26(32)30(27)15-18-10-12-20(33-2)13-11-18/h3-14H,15-16H2,1-2H3,(H,28,31). The SMILES string of the molecule is COc1ccc(Cn2c(SCC(=O)Nc3cccc(C)c3)nc3c(oc4ccccc43)c2=O)cc1. The number of anilines is 1. The molecule has 0 aliphatic heterocycles. The lowest BCUT2D eigenvalue weighted by Crippen LogP contribution is -2.24. The normalized spacial score (nSPS) is 11.1. The molecule has 176 valence electrons. The lowest BCUT2D eigenvalue weighted by Gasteiger charge is -2.12. The van der Waals surface area contributed by atoms with Crippen LogP contribution in [-0.4, -0.2) is 28.3 Å². The molecule has 5 rings (SSSR count). The molecule has 0 radical (unpaired) electrons. The molecule has 0 fully saturated rings. The largest absolute Gasteiger partial charge is 0.497 e. The summed E-state index contributed by atoms with van der Waals surface area (Å²) in [6, 6.07) is 22.5. The van der Waals surface area contributed by atoms with Gasteiger partial charge < -0.3 is 14.5 Å². The van der Waals surface area contributed by atoms with Crippen molar-refractivity contribution in [1.82, 2.24) is 9.55 Å². The third kappa shape index (κ3) is 4.79. The van der Waals surface area contributed by atoms with Crippen LogP contribution in [0.5, 0.6) is 5.75 Å². The zero-order valence-electron chi connectivity index (χ0n) is 19.3. The van der Waals surface area contributed by atoms with Crippen LogP contribution in [0.25, 0.3) is 22.1 Å². The maximum absolute atomic E-state index is 13.5. The molecule has 0 spiro atoms. The average Bonchev–Trinajstić information content (AvgIpc) is 3.24. The van der Waals surface area contributed by atoms with E-state index in [9.17, 15) is 9.59 Å². The second-order valence-corrected chi connectivity index (χ2v) is 9.06. The first-order chi connectivity index (χ1) is 17.0. The minimum absolute atomic E-state index is 0.101. The number of nitrogens with one attached hydrogen (secondary N) is 1. The van der Waals surface area contributed by atoms with E-state index >= 15 is 0 Å². The number of furan rings is 1. The molecule has 1 amide bonds. The number of carbonyl (C=O) groups excluding carboxylic acids is 1. The number of rotatable bonds is 7. The molecule has 5 aromatic rings. The van der Waals surface area contributed by atoms with Gasteiger partial charge in [0.1, 0.15) is 16.8 Å². The van der Waals surface area contributed by atoms with Gasteiger partial charge in [0, 0.05) is 11.1 Å². The number of amides is 1. The van der Waals surface area contributed by atoms with Crippen molar-refractivity contribution in [3.8, 4) is 5.75 Å². The second-order valence-electron chi connectivity index (χ2n) is 8.12. The van der Waals surface area contributed by atoms with E-state index in [-0.39, 0.29) is 29.3 Å². The molecule has 35 heavy (non-hydrogen) atoms. The summed E-state index contributed by atoms with van der Waals surface area (Å²) in [4.78, 5) is 31.0. The summed E-state index contributed by atoms with van der Waals surface area (Å²) in [6.07, 6.45) is 0. The molecular weight excluding hydrogens is 462 g/mol. The Morgan fingerprint density at radius 1 is 1.09 bits per heavy atom. The molecule has 0 unspecified atom stereocenters. The number of thioether (sulfide) groups is 1. The highest BCUT2D eigenvalue weighted by atomic mass is 32.2. The molecule has 0 saturated carbocycles. The van der Waals surface area contributed by atoms with Gasteiger partial charge in [-0.2, -0.15) is 0 Å². The molecule has 2 heterocycles. The predicted molar refractivity (Wildman–Crippen MR) is 138 cm³/mol. The van der Waals surface area contributed by atoms with E-state index in [1.165, 1.54) is 11.8 Å². The van der Waals surface area contributed by atoms with Crippen molar-refractivity contribution in [3.05, 3.63) is 94.3 Å². The topological polar surface area (TPSA) is 86.4 Å². The number of ether oxygens (including phenoxy) is 1. The van der Waals surface area contributed by atoms with Gasteiger partial charge in [-0.3, -0.25) is 14.2 Å². The molecule has 0 atom stereocenters. The summed E-state index contributed by atoms with van der Waals surface area (Å²) in [5.74, 6) is 0.655. The highest BCUT2D eigenvalue weighted by Crippen LogP contribution is 2.28. The quantitative estimate of drug-likeness (QED) is 0.251. The summed E-state index contributed by atoms with van der Waals surface area (Å²) in [6.45, 7) is 2.25. The molecule has 0 saturated heterocycles. The Morgan fingerprint density at radius 2 is 1.89 bits per heavy atom. The summed E-state index contributed by atoms with van der Waals surface area (Å²) >= 11 is 1.22. The zero-order chi connectivity index (χ0) is 24.4. The Kier molecular flexibility index (Phi) is 6.29. The fourth-order valence-electron chi connectivity index (χ4n) is 3.87. The number of aryl methyl sites for hydroxylation is 1. The third-order valence-electron chi connectivity index (χ3n) is 5.58. The number of hydrogen-bond acceptors (Lipinski definition) is 6. The Balaban J connectivity index is 1.50. The van der Waals surface area contributed by atoms with Crippen molar-refractivity contribution in [1.29, 1.82) is 0 Å². The summed E-state index contributed by atoms with van der Waals surface area (Å²) in [5, 5.41) is 4.12. The number of carbonyl (C=O) groups is 1. The van der Waals surface area contributed by atoms with Crippen molar-refractivity contribution in [3.63, 3.8) is 0 Å². The number of methoxy groups -OCH3 is 1. The first-order valence-corrected chi connectivity index (χ1v) is 12.0. The van der Waals surface area contributed by atoms with Crippen molar-refractivity contribution in [2.75, 3.05) is 18.2 Å². The maximum atomic E-state index is 13.5. The van der Waals surface area contributed by atoms with E-state index in [4.69, 9.17) is 14.1 Å². The molecule has 3 aromatic carbocycles. The Hall–Kier alpha value is -4.04. The van der Waals surface area contributed by atoms with E-state index in [1.807, 2.05) is 79.7 Å². The van der Waals surface area contributed by atoms with Gasteiger partial charge in [0.15, 0.2) is 5.16 Å². The van der Waals surface area contributed by atoms with Crippen molar-refractivity contribution in [2.24, 2.45) is 0 Å². The van der Waals surface area contributed by atoms with Crippen molar-refractivity contribution >= 4 is 45.4 Å². The zero-order valence-corrected chi connectivity index (χ0v) is 20.1. The van der Waals surface area contributed by atoms with Gasteiger partial charge in [0.25, 0.3) is 5.56 Å². The van der Waals surface area contributed by atoms with Crippen molar-refractivity contribution < 1.29 is 13.9 Å². The first-order valence-electron chi connectivity index (χ1n) is 11.1. The van der Waals surface area contributed by atoms with Crippen LogP contribution in [0.1, 0.15) is 11.1 Å². The highest BCUT2D eigenvalue weighted by Gasteiger charge is 2.19. The van der Waals surface area contributed by atoms with Gasteiger partial charge in [-0.05, 0) is 54.4 Å². The molecular formula is C27H23N3O4S. The summed E-state index contributed by atoms with van der Waals surface area (Å²) in [5.41, 5.74) is 3.70. The Labute approximate surface area is 205 Å². The van der Waals surface area contributed by atoms with E-state index in [2.05, 4.69) is 5.32 Å². The molecule has 0 aliphatic rings. The molecule has 0 bridgehead atoms. The van der Waals surface area contributed by atoms with Crippen LogP contribution in [0, 0.1) is 6.92 Å². The predicted octanol–water partition coefficient (Wildman–Crippen LogP) is 5.24. The lowest BCUT2D eigenvalue weighted by atomic mass is 10.2. The van der Waals surface area contributed by atoms with Crippen LogP contribution < -0.4 is 15.6 Å². The van der Waals surface area contributed by atoms with Crippen LogP contribution in [-0.2, 0) is 11.3 Å². The third-order valence-corrected chi connectivity index (χ3v) is 6.56. The van der Waals surface area contributed by atoms with E-state index in [0.717, 1.165) is 28.0 Å². The van der Waals surface area contributed by atoms with Crippen LogP contribution in [0.15, 0.2) is 87.2 Å². The fourth-order valence-corrected chi connectivity index (χ4v) is 4.66.